The molecule has 3 unspecified atom stereocenters. The Kier molecular flexibility index (Phi) is 3.30. The number of hydrogen-bond acceptors (Lipinski definition) is 2. The molecule has 20 heavy (non-hydrogen) atoms. The number of hydrogen-bond donors (Lipinski definition) is 2. The van der Waals surface area contributed by atoms with Crippen molar-refractivity contribution in [3.8, 4) is 5.75 Å². The predicted molar refractivity (Wildman–Crippen MR) is 83.0 cm³/mol. The van der Waals surface area contributed by atoms with E-state index in [4.69, 9.17) is 11.6 Å². The van der Waals surface area contributed by atoms with Crippen LogP contribution in [0.5, 0.6) is 5.75 Å². The van der Waals surface area contributed by atoms with Crippen LogP contribution in [0.25, 0.3) is 0 Å². The van der Waals surface area contributed by atoms with E-state index in [2.05, 4.69) is 26.1 Å². The first-order valence-electron chi connectivity index (χ1n) is 7.54. The van der Waals surface area contributed by atoms with Gasteiger partial charge in [0.2, 0.25) is 0 Å². The molecule has 2 saturated carbocycles. The van der Waals surface area contributed by atoms with Gasteiger partial charge >= 0.3 is 0 Å². The minimum Gasteiger partial charge on any atom is -0.508 e. The molecule has 2 aliphatic rings. The largest absolute Gasteiger partial charge is 0.508 e. The zero-order valence-corrected chi connectivity index (χ0v) is 13.3. The second-order valence-corrected chi connectivity index (χ2v) is 7.94. The average Bonchev–Trinajstić information content (AvgIpc) is 2.84. The summed E-state index contributed by atoms with van der Waals surface area (Å²) in [4.78, 5) is 0. The van der Waals surface area contributed by atoms with Crippen LogP contribution in [0.3, 0.4) is 0 Å². The second kappa shape index (κ2) is 4.64. The number of phenols is 1. The summed E-state index contributed by atoms with van der Waals surface area (Å²) in [5.74, 6) is 1.16. The molecular formula is C17H24ClNO. The van der Waals surface area contributed by atoms with Crippen molar-refractivity contribution in [2.75, 3.05) is 0 Å². The highest BCUT2D eigenvalue weighted by atomic mass is 35.5. The Labute approximate surface area is 126 Å². The number of rotatable bonds is 3. The lowest BCUT2D eigenvalue weighted by Crippen LogP contribution is -2.49. The van der Waals surface area contributed by atoms with Gasteiger partial charge in [0.25, 0.3) is 0 Å². The van der Waals surface area contributed by atoms with Gasteiger partial charge in [0.15, 0.2) is 0 Å². The minimum atomic E-state index is 0.327. The first-order chi connectivity index (χ1) is 9.33. The van der Waals surface area contributed by atoms with Gasteiger partial charge in [0.1, 0.15) is 5.75 Å². The molecule has 1 aromatic rings. The number of fused-ring (bicyclic) bond motifs is 2. The van der Waals surface area contributed by atoms with Crippen LogP contribution in [-0.2, 0) is 6.54 Å². The van der Waals surface area contributed by atoms with Gasteiger partial charge in [-0.25, -0.2) is 0 Å². The molecular weight excluding hydrogens is 270 g/mol. The van der Waals surface area contributed by atoms with Crippen LogP contribution in [0.15, 0.2) is 18.2 Å². The van der Waals surface area contributed by atoms with E-state index in [0.717, 1.165) is 11.5 Å². The molecule has 2 bridgehead atoms. The fraction of sp³-hybridized carbons (Fsp3) is 0.647. The van der Waals surface area contributed by atoms with Crippen LogP contribution in [-0.4, -0.2) is 11.1 Å². The summed E-state index contributed by atoms with van der Waals surface area (Å²) < 4.78 is 0. The summed E-state index contributed by atoms with van der Waals surface area (Å²) in [6, 6.07) is 5.76. The van der Waals surface area contributed by atoms with Gasteiger partial charge in [-0.2, -0.15) is 0 Å². The summed E-state index contributed by atoms with van der Waals surface area (Å²) in [7, 11) is 0. The van der Waals surface area contributed by atoms with Crippen molar-refractivity contribution in [1.29, 1.82) is 0 Å². The summed E-state index contributed by atoms with van der Waals surface area (Å²) in [6.07, 6.45) is 4.02. The highest BCUT2D eigenvalue weighted by Crippen LogP contribution is 2.62. The Morgan fingerprint density at radius 2 is 2.10 bits per heavy atom. The maximum atomic E-state index is 9.94. The molecule has 0 aliphatic heterocycles. The molecule has 1 aromatic carbocycles. The number of benzene rings is 1. The molecule has 0 heterocycles. The van der Waals surface area contributed by atoms with E-state index in [0.29, 0.717) is 34.2 Å². The maximum Gasteiger partial charge on any atom is 0.120 e. The van der Waals surface area contributed by atoms with Gasteiger partial charge in [-0.15, -0.1) is 0 Å². The molecule has 0 saturated heterocycles. The molecule has 3 atom stereocenters. The standard InChI is InChI=1S/C17H24ClNO/c1-16(2)12-6-7-17(3,9-12)15(16)19-10-11-8-13(18)4-5-14(11)20/h4-5,8,12,15,19-20H,6-7,9-10H2,1-3H3. The molecule has 110 valence electrons. The first-order valence-corrected chi connectivity index (χ1v) is 7.91. The monoisotopic (exact) mass is 293 g/mol. The highest BCUT2D eigenvalue weighted by molar-refractivity contribution is 6.30. The zero-order chi connectivity index (χ0) is 14.5. The van der Waals surface area contributed by atoms with Gasteiger partial charge in [-0.1, -0.05) is 32.4 Å². The Morgan fingerprint density at radius 3 is 2.75 bits per heavy atom. The molecule has 0 aromatic heterocycles. The lowest BCUT2D eigenvalue weighted by atomic mass is 9.68. The maximum absolute atomic E-state index is 9.94. The van der Waals surface area contributed by atoms with Gasteiger partial charge < -0.3 is 10.4 Å². The third-order valence-electron chi connectivity index (χ3n) is 5.81. The summed E-state index contributed by atoms with van der Waals surface area (Å²) in [5.41, 5.74) is 1.63. The molecule has 0 spiro atoms. The smallest absolute Gasteiger partial charge is 0.120 e. The molecule has 2 nitrogen and oxygen atoms in total. The van der Waals surface area contributed by atoms with Crippen LogP contribution < -0.4 is 5.32 Å². The molecule has 2 aliphatic carbocycles. The minimum absolute atomic E-state index is 0.327. The van der Waals surface area contributed by atoms with Crippen LogP contribution in [0.4, 0.5) is 0 Å². The van der Waals surface area contributed by atoms with E-state index < -0.39 is 0 Å². The Hall–Kier alpha value is -0.730. The average molecular weight is 294 g/mol. The Morgan fingerprint density at radius 1 is 1.35 bits per heavy atom. The quantitative estimate of drug-likeness (QED) is 0.868. The van der Waals surface area contributed by atoms with Crippen LogP contribution in [0.2, 0.25) is 5.02 Å². The van der Waals surface area contributed by atoms with Gasteiger partial charge in [0.05, 0.1) is 0 Å². The zero-order valence-electron chi connectivity index (χ0n) is 12.5. The topological polar surface area (TPSA) is 32.3 Å². The van der Waals surface area contributed by atoms with Crippen molar-refractivity contribution in [2.45, 2.75) is 52.6 Å². The van der Waals surface area contributed by atoms with Crippen molar-refractivity contribution in [1.82, 2.24) is 5.32 Å². The van der Waals surface area contributed by atoms with Gasteiger partial charge in [0, 0.05) is 23.2 Å². The SMILES string of the molecule is CC12CCC(C1)C(C)(C)C2NCc1cc(Cl)ccc1O. The molecule has 0 radical (unpaired) electrons. The summed E-state index contributed by atoms with van der Waals surface area (Å²) in [6.45, 7) is 7.87. The van der Waals surface area contributed by atoms with Crippen molar-refractivity contribution >= 4 is 11.6 Å². The van der Waals surface area contributed by atoms with Crippen molar-refractivity contribution in [3.05, 3.63) is 28.8 Å². The predicted octanol–water partition coefficient (Wildman–Crippen LogP) is 4.35. The fourth-order valence-electron chi connectivity index (χ4n) is 4.72. The Bertz CT molecular complexity index is 523. The second-order valence-electron chi connectivity index (χ2n) is 7.50. The van der Waals surface area contributed by atoms with E-state index in [-0.39, 0.29) is 0 Å². The molecule has 3 heteroatoms. The third kappa shape index (κ3) is 2.14. The van der Waals surface area contributed by atoms with Crippen molar-refractivity contribution < 1.29 is 5.11 Å². The van der Waals surface area contributed by atoms with E-state index in [1.807, 2.05) is 6.07 Å². The molecule has 3 rings (SSSR count). The normalized spacial score (nSPS) is 34.6. The van der Waals surface area contributed by atoms with Gasteiger partial charge in [-0.05, 0) is 54.2 Å². The van der Waals surface area contributed by atoms with E-state index in [1.54, 1.807) is 12.1 Å². The van der Waals surface area contributed by atoms with Gasteiger partial charge in [-0.3, -0.25) is 0 Å². The molecule has 2 fully saturated rings. The third-order valence-corrected chi connectivity index (χ3v) is 6.04. The van der Waals surface area contributed by atoms with Crippen molar-refractivity contribution in [2.24, 2.45) is 16.7 Å². The van der Waals surface area contributed by atoms with E-state index in [9.17, 15) is 5.11 Å². The van der Waals surface area contributed by atoms with Crippen molar-refractivity contribution in [3.63, 3.8) is 0 Å². The number of nitrogens with one attached hydrogen (secondary N) is 1. The summed E-state index contributed by atoms with van der Waals surface area (Å²) in [5, 5.41) is 14.3. The van der Waals surface area contributed by atoms with E-state index in [1.165, 1.54) is 19.3 Å². The lowest BCUT2D eigenvalue weighted by molar-refractivity contribution is 0.108. The number of aromatic hydroxyl groups is 1. The van der Waals surface area contributed by atoms with Crippen LogP contribution in [0, 0.1) is 16.7 Å². The Balaban J connectivity index is 1.77. The van der Waals surface area contributed by atoms with Crippen LogP contribution in [0.1, 0.15) is 45.6 Å². The first kappa shape index (κ1) is 14.2. The molecule has 2 N–H and O–H groups in total. The van der Waals surface area contributed by atoms with E-state index >= 15 is 0 Å². The number of halogens is 1. The number of phenolic OH excluding ortho intramolecular Hbond substituents is 1. The highest BCUT2D eigenvalue weighted by Gasteiger charge is 2.58. The fourth-order valence-corrected chi connectivity index (χ4v) is 4.91. The van der Waals surface area contributed by atoms with Crippen LogP contribution >= 0.6 is 11.6 Å². The summed E-state index contributed by atoms with van der Waals surface area (Å²) >= 11 is 6.02. The lowest BCUT2D eigenvalue weighted by Gasteiger charge is -2.43. The molecule has 0 amide bonds.